The van der Waals surface area contributed by atoms with Crippen molar-refractivity contribution in [3.8, 4) is 0 Å². The average Bonchev–Trinajstić information content (AvgIpc) is 3.34. The number of rotatable bonds is 4. The third-order valence-corrected chi connectivity index (χ3v) is 6.25. The van der Waals surface area contributed by atoms with E-state index in [1.54, 1.807) is 6.33 Å². The third kappa shape index (κ3) is 2.90. The van der Waals surface area contributed by atoms with Gasteiger partial charge in [0.1, 0.15) is 12.1 Å². The zero-order valence-electron chi connectivity index (χ0n) is 15.8. The lowest BCUT2D eigenvalue weighted by atomic mass is 10.0. The van der Waals surface area contributed by atoms with Crippen molar-refractivity contribution < 1.29 is 0 Å². The molecular formula is C20H28N6. The van der Waals surface area contributed by atoms with Gasteiger partial charge in [0.25, 0.3) is 0 Å². The summed E-state index contributed by atoms with van der Waals surface area (Å²) in [6.07, 6.45) is 4.18. The molecule has 2 unspecified atom stereocenters. The minimum absolute atomic E-state index is 0.450. The van der Waals surface area contributed by atoms with Crippen LogP contribution in [-0.2, 0) is 19.5 Å². The quantitative estimate of drug-likeness (QED) is 0.845. The lowest BCUT2D eigenvalue weighted by Gasteiger charge is -2.22. The Morgan fingerprint density at radius 2 is 1.88 bits per heavy atom. The average molecular weight is 352 g/mol. The number of nitrogens with zero attached hydrogens (tertiary/aromatic N) is 6. The van der Waals surface area contributed by atoms with Gasteiger partial charge >= 0.3 is 0 Å². The van der Waals surface area contributed by atoms with Gasteiger partial charge in [-0.15, -0.1) is 0 Å². The summed E-state index contributed by atoms with van der Waals surface area (Å²) in [5, 5.41) is 4.78. The molecule has 0 spiro atoms. The molecule has 2 saturated heterocycles. The van der Waals surface area contributed by atoms with Crippen LogP contribution in [0.3, 0.4) is 0 Å². The number of likely N-dealkylation sites (tertiary alicyclic amines) is 1. The molecular weight excluding hydrogens is 324 g/mol. The van der Waals surface area contributed by atoms with Crippen LogP contribution in [0.5, 0.6) is 0 Å². The molecule has 2 atom stereocenters. The SMILES string of the molecule is CC(C)c1cc(N2CC3CN(Cc4cc5n(n4)CCC5)CC3C2)ncn1. The summed E-state index contributed by atoms with van der Waals surface area (Å²) in [6, 6.07) is 4.50. The molecule has 2 aromatic heterocycles. The van der Waals surface area contributed by atoms with Crippen LogP contribution >= 0.6 is 0 Å². The number of aromatic nitrogens is 4. The fraction of sp³-hybridized carbons (Fsp3) is 0.650. The molecule has 26 heavy (non-hydrogen) atoms. The first-order chi connectivity index (χ1) is 12.7. The van der Waals surface area contributed by atoms with Crippen LogP contribution in [0, 0.1) is 11.8 Å². The topological polar surface area (TPSA) is 50.1 Å². The van der Waals surface area contributed by atoms with E-state index in [4.69, 9.17) is 5.10 Å². The molecule has 0 aromatic carbocycles. The van der Waals surface area contributed by atoms with E-state index >= 15 is 0 Å². The van der Waals surface area contributed by atoms with E-state index in [0.29, 0.717) is 5.92 Å². The number of hydrogen-bond donors (Lipinski definition) is 0. The maximum Gasteiger partial charge on any atom is 0.132 e. The Morgan fingerprint density at radius 3 is 2.62 bits per heavy atom. The Balaban J connectivity index is 1.21. The molecule has 0 N–H and O–H groups in total. The van der Waals surface area contributed by atoms with Crippen molar-refractivity contribution in [2.45, 2.75) is 45.7 Å². The van der Waals surface area contributed by atoms with Crippen LogP contribution in [0.15, 0.2) is 18.5 Å². The minimum atomic E-state index is 0.450. The molecule has 0 radical (unpaired) electrons. The van der Waals surface area contributed by atoms with Gasteiger partial charge < -0.3 is 4.90 Å². The predicted octanol–water partition coefficient (Wildman–Crippen LogP) is 2.31. The fourth-order valence-electron chi connectivity index (χ4n) is 4.88. The molecule has 0 bridgehead atoms. The number of hydrogen-bond acceptors (Lipinski definition) is 5. The molecule has 0 saturated carbocycles. The Hall–Kier alpha value is -1.95. The van der Waals surface area contributed by atoms with Gasteiger partial charge in [0.05, 0.1) is 5.69 Å². The zero-order chi connectivity index (χ0) is 17.7. The summed E-state index contributed by atoms with van der Waals surface area (Å²) in [5.41, 5.74) is 3.82. The summed E-state index contributed by atoms with van der Waals surface area (Å²) in [7, 11) is 0. The highest BCUT2D eigenvalue weighted by Gasteiger charge is 2.40. The van der Waals surface area contributed by atoms with Crippen molar-refractivity contribution in [1.29, 1.82) is 0 Å². The number of aryl methyl sites for hydroxylation is 2. The predicted molar refractivity (Wildman–Crippen MR) is 101 cm³/mol. The van der Waals surface area contributed by atoms with Gasteiger partial charge in [-0.25, -0.2) is 9.97 Å². The summed E-state index contributed by atoms with van der Waals surface area (Å²) in [6.45, 7) is 11.1. The van der Waals surface area contributed by atoms with E-state index in [0.717, 1.165) is 49.5 Å². The van der Waals surface area contributed by atoms with Crippen LogP contribution in [-0.4, -0.2) is 50.8 Å². The van der Waals surface area contributed by atoms with Crippen molar-refractivity contribution in [3.63, 3.8) is 0 Å². The molecule has 138 valence electrons. The standard InChI is InChI=1S/C20H28N6/c1-14(2)19-7-20(22-13-21-19)25-10-15-8-24(9-16(15)11-25)12-17-6-18-4-3-5-26(18)23-17/h6-7,13-16H,3-5,8-12H2,1-2H3. The third-order valence-electron chi connectivity index (χ3n) is 6.25. The van der Waals surface area contributed by atoms with Crippen LogP contribution in [0.2, 0.25) is 0 Å². The molecule has 5 rings (SSSR count). The van der Waals surface area contributed by atoms with E-state index in [1.165, 1.54) is 37.3 Å². The van der Waals surface area contributed by atoms with E-state index in [-0.39, 0.29) is 0 Å². The van der Waals surface area contributed by atoms with Crippen LogP contribution in [0.1, 0.15) is 43.3 Å². The van der Waals surface area contributed by atoms with Gasteiger partial charge in [0, 0.05) is 56.7 Å². The van der Waals surface area contributed by atoms with Crippen molar-refractivity contribution in [1.82, 2.24) is 24.6 Å². The molecule has 3 aliphatic heterocycles. The van der Waals surface area contributed by atoms with E-state index < -0.39 is 0 Å². The summed E-state index contributed by atoms with van der Waals surface area (Å²) >= 11 is 0. The highest BCUT2D eigenvalue weighted by atomic mass is 15.3. The lowest BCUT2D eigenvalue weighted by Crippen LogP contribution is -2.29. The van der Waals surface area contributed by atoms with Gasteiger partial charge in [0.15, 0.2) is 0 Å². The summed E-state index contributed by atoms with van der Waals surface area (Å²) in [5.74, 6) is 3.06. The van der Waals surface area contributed by atoms with E-state index in [1.807, 2.05) is 0 Å². The summed E-state index contributed by atoms with van der Waals surface area (Å²) < 4.78 is 2.20. The molecule has 6 heteroatoms. The maximum atomic E-state index is 4.78. The van der Waals surface area contributed by atoms with Crippen molar-refractivity contribution in [2.75, 3.05) is 31.1 Å². The second kappa shape index (κ2) is 6.34. The van der Waals surface area contributed by atoms with Crippen LogP contribution in [0.25, 0.3) is 0 Å². The molecule has 2 fully saturated rings. The zero-order valence-corrected chi connectivity index (χ0v) is 15.8. The van der Waals surface area contributed by atoms with Crippen molar-refractivity contribution in [2.24, 2.45) is 11.8 Å². The summed E-state index contributed by atoms with van der Waals surface area (Å²) in [4.78, 5) is 14.0. The van der Waals surface area contributed by atoms with Crippen molar-refractivity contribution in [3.05, 3.63) is 35.5 Å². The van der Waals surface area contributed by atoms with E-state index in [2.05, 4.69) is 50.4 Å². The first kappa shape index (κ1) is 16.2. The smallest absolute Gasteiger partial charge is 0.132 e. The molecule has 6 nitrogen and oxygen atoms in total. The second-order valence-electron chi connectivity index (χ2n) is 8.53. The number of anilines is 1. The largest absolute Gasteiger partial charge is 0.356 e. The monoisotopic (exact) mass is 352 g/mol. The molecule has 0 aliphatic carbocycles. The van der Waals surface area contributed by atoms with Gasteiger partial charge in [-0.2, -0.15) is 5.10 Å². The van der Waals surface area contributed by atoms with Crippen LogP contribution in [0.4, 0.5) is 5.82 Å². The molecule has 0 amide bonds. The molecule has 5 heterocycles. The molecule has 3 aliphatic rings. The maximum absolute atomic E-state index is 4.78. The fourth-order valence-corrected chi connectivity index (χ4v) is 4.88. The van der Waals surface area contributed by atoms with Gasteiger partial charge in [-0.3, -0.25) is 9.58 Å². The highest BCUT2D eigenvalue weighted by molar-refractivity contribution is 5.41. The highest BCUT2D eigenvalue weighted by Crippen LogP contribution is 2.34. The number of fused-ring (bicyclic) bond motifs is 2. The Labute approximate surface area is 155 Å². The Morgan fingerprint density at radius 1 is 1.08 bits per heavy atom. The molecule has 2 aromatic rings. The normalized spacial score (nSPS) is 25.3. The van der Waals surface area contributed by atoms with Gasteiger partial charge in [-0.05, 0) is 36.7 Å². The lowest BCUT2D eigenvalue weighted by molar-refractivity contribution is 0.303. The van der Waals surface area contributed by atoms with Crippen molar-refractivity contribution >= 4 is 5.82 Å². The van der Waals surface area contributed by atoms with Crippen LogP contribution < -0.4 is 4.90 Å². The first-order valence-corrected chi connectivity index (χ1v) is 10.0. The van der Waals surface area contributed by atoms with E-state index in [9.17, 15) is 0 Å². The van der Waals surface area contributed by atoms with Gasteiger partial charge in [-0.1, -0.05) is 13.8 Å². The Kier molecular flexibility index (Phi) is 3.96. The minimum Gasteiger partial charge on any atom is -0.356 e. The second-order valence-corrected chi connectivity index (χ2v) is 8.53. The van der Waals surface area contributed by atoms with Gasteiger partial charge in [0.2, 0.25) is 0 Å². The Bertz CT molecular complexity index is 762. The first-order valence-electron chi connectivity index (χ1n) is 10.0.